The molecule has 0 saturated carbocycles. The number of benzene rings is 2. The third-order valence-corrected chi connectivity index (χ3v) is 6.08. The lowest BCUT2D eigenvalue weighted by molar-refractivity contribution is -0.274. The summed E-state index contributed by atoms with van der Waals surface area (Å²) in [6.07, 6.45) is 0.142. The molecule has 0 bridgehead atoms. The molecule has 1 N–H and O–H groups in total. The van der Waals surface area contributed by atoms with Gasteiger partial charge in [-0.15, -0.1) is 13.2 Å². The number of nitrogens with zero attached hydrogens (tertiary/aromatic N) is 3. The maximum Gasteiger partial charge on any atom is 0.573 e. The molecule has 0 fully saturated rings. The first-order valence-electron chi connectivity index (χ1n) is 11.5. The number of aromatic nitrogens is 2. The van der Waals surface area contributed by atoms with Gasteiger partial charge in [0.25, 0.3) is 0 Å². The Hall–Kier alpha value is -3.34. The summed E-state index contributed by atoms with van der Waals surface area (Å²) < 4.78 is 47.6. The minimum absolute atomic E-state index is 0.287. The molecule has 1 heterocycles. The van der Waals surface area contributed by atoms with Crippen molar-refractivity contribution in [2.24, 2.45) is 0 Å². The number of hydrogen-bond donors (Lipinski definition) is 1. The number of carbonyl (C=O) groups is 1. The lowest BCUT2D eigenvalue weighted by Gasteiger charge is -2.24. The fourth-order valence-electron chi connectivity index (χ4n) is 3.33. The zero-order valence-electron chi connectivity index (χ0n) is 20.6. The quantitative estimate of drug-likeness (QED) is 0.289. The Labute approximate surface area is 221 Å². The van der Waals surface area contributed by atoms with E-state index in [1.54, 1.807) is 30.6 Å². The van der Waals surface area contributed by atoms with Crippen molar-refractivity contribution in [1.29, 1.82) is 0 Å². The van der Waals surface area contributed by atoms with Crippen molar-refractivity contribution in [3.05, 3.63) is 76.0 Å². The van der Waals surface area contributed by atoms with Crippen molar-refractivity contribution in [1.82, 2.24) is 9.97 Å². The highest BCUT2D eigenvalue weighted by molar-refractivity contribution is 9.10. The first-order chi connectivity index (χ1) is 17.4. The Morgan fingerprint density at radius 2 is 1.62 bits per heavy atom. The van der Waals surface area contributed by atoms with Crippen LogP contribution in [0.3, 0.4) is 0 Å². The Bertz CT molecular complexity index is 1200. The van der Waals surface area contributed by atoms with Gasteiger partial charge in [0.15, 0.2) is 5.60 Å². The number of ether oxygens (including phenoxy) is 2. The van der Waals surface area contributed by atoms with Crippen LogP contribution in [0.1, 0.15) is 37.5 Å². The summed E-state index contributed by atoms with van der Waals surface area (Å²) in [6, 6.07) is 11.1. The van der Waals surface area contributed by atoms with Crippen molar-refractivity contribution in [3.63, 3.8) is 0 Å². The molecule has 0 saturated heterocycles. The molecule has 7 nitrogen and oxygen atoms in total. The van der Waals surface area contributed by atoms with Crippen molar-refractivity contribution in [2.45, 2.75) is 52.1 Å². The molecule has 0 unspecified atom stereocenters. The van der Waals surface area contributed by atoms with Crippen molar-refractivity contribution >= 4 is 27.8 Å². The number of halogens is 4. The molecule has 37 heavy (non-hydrogen) atoms. The minimum atomic E-state index is -4.75. The van der Waals surface area contributed by atoms with Crippen LogP contribution >= 0.6 is 15.9 Å². The first-order valence-corrected chi connectivity index (χ1v) is 12.3. The van der Waals surface area contributed by atoms with Crippen LogP contribution in [0.2, 0.25) is 0 Å². The van der Waals surface area contributed by atoms with Crippen LogP contribution in [0.15, 0.2) is 59.3 Å². The summed E-state index contributed by atoms with van der Waals surface area (Å²) in [7, 11) is 0. The van der Waals surface area contributed by atoms with Crippen LogP contribution in [0.25, 0.3) is 0 Å². The van der Waals surface area contributed by atoms with Gasteiger partial charge in [0, 0.05) is 25.5 Å². The van der Waals surface area contributed by atoms with Gasteiger partial charge in [0.2, 0.25) is 5.95 Å². The molecule has 0 spiro atoms. The highest BCUT2D eigenvalue weighted by atomic mass is 79.9. The fourth-order valence-corrected chi connectivity index (χ4v) is 3.83. The van der Waals surface area contributed by atoms with E-state index in [1.165, 1.54) is 26.0 Å². The third kappa shape index (κ3) is 8.34. The maximum absolute atomic E-state index is 12.5. The standard InChI is InChI=1S/C26H27BrF3N3O4/c1-4-17-14-31-24(32-15-17)33(16-19-5-8-20(9-6-19)36-26(28,29)30)12-11-18-7-10-22(21(27)13-18)37-25(2,3)23(34)35/h5-10,13-15H,4,11-12,16H2,1-3H3,(H,34,35). The SMILES string of the molecule is CCc1cnc(N(CCc2ccc(OC(C)(C)C(=O)O)c(Br)c2)Cc2ccc(OC(F)(F)F)cc2)nc1. The molecule has 0 aliphatic heterocycles. The molecule has 3 rings (SSSR count). The molecule has 0 amide bonds. The van der Waals surface area contributed by atoms with Crippen molar-refractivity contribution in [2.75, 3.05) is 11.4 Å². The van der Waals surface area contributed by atoms with Crippen LogP contribution in [0.4, 0.5) is 19.1 Å². The first kappa shape index (κ1) is 28.2. The smallest absolute Gasteiger partial charge is 0.478 e. The molecule has 0 atom stereocenters. The predicted molar refractivity (Wildman–Crippen MR) is 136 cm³/mol. The monoisotopic (exact) mass is 581 g/mol. The lowest BCUT2D eigenvalue weighted by Crippen LogP contribution is -2.38. The number of hydrogen-bond acceptors (Lipinski definition) is 6. The topological polar surface area (TPSA) is 84.8 Å². The van der Waals surface area contributed by atoms with Crippen molar-refractivity contribution in [3.8, 4) is 11.5 Å². The normalized spacial score (nSPS) is 11.8. The summed E-state index contributed by atoms with van der Waals surface area (Å²) in [6.45, 7) is 5.83. The average molecular weight is 582 g/mol. The van der Waals surface area contributed by atoms with Crippen LogP contribution in [-0.4, -0.2) is 39.6 Å². The van der Waals surface area contributed by atoms with E-state index in [2.05, 4.69) is 30.6 Å². The van der Waals surface area contributed by atoms with Gasteiger partial charge < -0.3 is 19.5 Å². The summed E-state index contributed by atoms with van der Waals surface area (Å²) in [4.78, 5) is 22.2. The van der Waals surface area contributed by atoms with Crippen LogP contribution in [0.5, 0.6) is 11.5 Å². The summed E-state index contributed by atoms with van der Waals surface area (Å²) >= 11 is 3.45. The van der Waals surface area contributed by atoms with E-state index >= 15 is 0 Å². The van der Waals surface area contributed by atoms with Crippen LogP contribution < -0.4 is 14.4 Å². The van der Waals surface area contributed by atoms with Gasteiger partial charge in [0.05, 0.1) is 4.47 Å². The van der Waals surface area contributed by atoms with Crippen LogP contribution in [0, 0.1) is 0 Å². The largest absolute Gasteiger partial charge is 0.573 e. The number of carboxylic acids is 1. The Morgan fingerprint density at radius 1 is 1.00 bits per heavy atom. The number of carboxylic acid groups (broad SMARTS) is 1. The van der Waals surface area contributed by atoms with Crippen molar-refractivity contribution < 1.29 is 32.5 Å². The number of aryl methyl sites for hydroxylation is 1. The van der Waals surface area contributed by atoms with Gasteiger partial charge in [-0.3, -0.25) is 0 Å². The van der Waals surface area contributed by atoms with Crippen LogP contribution in [-0.2, 0) is 24.2 Å². The van der Waals surface area contributed by atoms with E-state index in [0.29, 0.717) is 35.7 Å². The minimum Gasteiger partial charge on any atom is -0.478 e. The molecule has 2 aromatic carbocycles. The third-order valence-electron chi connectivity index (χ3n) is 5.46. The average Bonchev–Trinajstić information content (AvgIpc) is 2.83. The molecule has 0 aliphatic rings. The number of anilines is 1. The van der Waals surface area contributed by atoms with Gasteiger partial charge in [0.1, 0.15) is 11.5 Å². The van der Waals surface area contributed by atoms with Gasteiger partial charge >= 0.3 is 12.3 Å². The number of rotatable bonds is 11. The second-order valence-electron chi connectivity index (χ2n) is 8.79. The molecule has 3 aromatic rings. The lowest BCUT2D eigenvalue weighted by atomic mass is 10.1. The molecular weight excluding hydrogens is 555 g/mol. The zero-order valence-corrected chi connectivity index (χ0v) is 22.1. The number of aliphatic carboxylic acids is 1. The molecule has 0 aliphatic carbocycles. The van der Waals surface area contributed by atoms with Gasteiger partial charge in [-0.2, -0.15) is 0 Å². The van der Waals surface area contributed by atoms with Gasteiger partial charge in [-0.25, -0.2) is 14.8 Å². The summed E-state index contributed by atoms with van der Waals surface area (Å²) in [5.74, 6) is -0.460. The van der Waals surface area contributed by atoms with E-state index in [0.717, 1.165) is 23.1 Å². The molecular formula is C26H27BrF3N3O4. The number of alkyl halides is 3. The van der Waals surface area contributed by atoms with E-state index in [9.17, 15) is 23.1 Å². The second-order valence-corrected chi connectivity index (χ2v) is 9.64. The van der Waals surface area contributed by atoms with Gasteiger partial charge in [-0.05, 0) is 83.6 Å². The Morgan fingerprint density at radius 3 is 2.16 bits per heavy atom. The zero-order chi connectivity index (χ0) is 27.2. The van der Waals surface area contributed by atoms with E-state index in [1.807, 2.05) is 24.0 Å². The van der Waals surface area contributed by atoms with E-state index in [4.69, 9.17) is 4.74 Å². The van der Waals surface area contributed by atoms with E-state index < -0.39 is 17.9 Å². The predicted octanol–water partition coefficient (Wildman–Crippen LogP) is 6.19. The molecule has 11 heteroatoms. The molecule has 1 aromatic heterocycles. The highest BCUT2D eigenvalue weighted by Gasteiger charge is 2.31. The Balaban J connectivity index is 1.76. The second kappa shape index (κ2) is 11.8. The summed E-state index contributed by atoms with van der Waals surface area (Å²) in [5, 5.41) is 9.31. The van der Waals surface area contributed by atoms with Gasteiger partial charge in [-0.1, -0.05) is 25.1 Å². The molecule has 198 valence electrons. The summed E-state index contributed by atoms with van der Waals surface area (Å²) in [5.41, 5.74) is 1.32. The Kier molecular flexibility index (Phi) is 9.01. The highest BCUT2D eigenvalue weighted by Crippen LogP contribution is 2.30. The molecule has 0 radical (unpaired) electrons. The maximum atomic E-state index is 12.5. The fraction of sp³-hybridized carbons (Fsp3) is 0.346. The van der Waals surface area contributed by atoms with E-state index in [-0.39, 0.29) is 5.75 Å².